The van der Waals surface area contributed by atoms with Crippen molar-refractivity contribution in [3.05, 3.63) is 40.8 Å². The zero-order valence-corrected chi connectivity index (χ0v) is 12.9. The van der Waals surface area contributed by atoms with Crippen molar-refractivity contribution in [2.75, 3.05) is 36.0 Å². The number of pyridine rings is 1. The quantitative estimate of drug-likeness (QED) is 0.827. The largest absolute Gasteiger partial charge is 0.353 e. The van der Waals surface area contributed by atoms with Crippen LogP contribution in [-0.4, -0.2) is 41.1 Å². The smallest absolute Gasteiger partial charge is 0.226 e. The highest BCUT2D eigenvalue weighted by Crippen LogP contribution is 2.18. The Labute approximate surface area is 131 Å². The number of rotatable bonds is 2. The third-order valence-corrected chi connectivity index (χ3v) is 3.82. The van der Waals surface area contributed by atoms with Gasteiger partial charge in [0, 0.05) is 43.0 Å². The first kappa shape index (κ1) is 13.8. The molecule has 2 aromatic heterocycles. The average Bonchev–Trinajstić information content (AvgIpc) is 2.56. The lowest BCUT2D eigenvalue weighted by Crippen LogP contribution is -2.47. The summed E-state index contributed by atoms with van der Waals surface area (Å²) >= 11 is 3.39. The fourth-order valence-electron chi connectivity index (χ4n) is 2.25. The molecule has 1 saturated heterocycles. The number of hydrogen-bond donors (Lipinski definition) is 0. The molecule has 21 heavy (non-hydrogen) atoms. The molecule has 6 nitrogen and oxygen atoms in total. The minimum atomic E-state index is 0.400. The first-order valence-electron chi connectivity index (χ1n) is 6.61. The summed E-state index contributed by atoms with van der Waals surface area (Å²) in [4.78, 5) is 17.2. The maximum absolute atomic E-state index is 8.89. The van der Waals surface area contributed by atoms with Crippen LogP contribution in [-0.2, 0) is 0 Å². The molecule has 0 aliphatic carbocycles. The van der Waals surface area contributed by atoms with E-state index in [4.69, 9.17) is 5.26 Å². The highest BCUT2D eigenvalue weighted by Gasteiger charge is 2.20. The Hall–Kier alpha value is -2.20. The van der Waals surface area contributed by atoms with Gasteiger partial charge in [0.2, 0.25) is 5.95 Å². The van der Waals surface area contributed by atoms with Crippen LogP contribution in [0.25, 0.3) is 0 Å². The second-order valence-corrected chi connectivity index (χ2v) is 5.58. The molecule has 1 aliphatic heterocycles. The number of anilines is 2. The molecule has 0 amide bonds. The fraction of sp³-hybridized carbons (Fsp3) is 0.286. The van der Waals surface area contributed by atoms with E-state index in [2.05, 4.69) is 40.7 Å². The molecule has 0 N–H and O–H groups in total. The van der Waals surface area contributed by atoms with Crippen LogP contribution in [0.3, 0.4) is 0 Å². The Balaban J connectivity index is 1.67. The number of aromatic nitrogens is 3. The monoisotopic (exact) mass is 344 g/mol. The summed E-state index contributed by atoms with van der Waals surface area (Å²) in [7, 11) is 0. The van der Waals surface area contributed by atoms with Crippen molar-refractivity contribution < 1.29 is 0 Å². The first-order chi connectivity index (χ1) is 10.3. The van der Waals surface area contributed by atoms with Gasteiger partial charge in [-0.15, -0.1) is 0 Å². The Bertz CT molecular complexity index is 658. The topological polar surface area (TPSA) is 68.9 Å². The van der Waals surface area contributed by atoms with Crippen LogP contribution in [0.5, 0.6) is 0 Å². The summed E-state index contributed by atoms with van der Waals surface area (Å²) in [5, 5.41) is 8.89. The molecular formula is C14H13BrN6. The lowest BCUT2D eigenvalue weighted by molar-refractivity contribution is 0.634. The third kappa shape index (κ3) is 3.11. The van der Waals surface area contributed by atoms with Crippen LogP contribution in [0.15, 0.2) is 35.1 Å². The Kier molecular flexibility index (Phi) is 3.97. The van der Waals surface area contributed by atoms with E-state index in [1.165, 1.54) is 0 Å². The van der Waals surface area contributed by atoms with E-state index < -0.39 is 0 Å². The maximum atomic E-state index is 8.89. The zero-order valence-electron chi connectivity index (χ0n) is 11.3. The SMILES string of the molecule is N#Cc1ccnc(N2CCN(c3ccc(Br)cn3)CC2)n1. The molecule has 0 unspecified atom stereocenters. The fourth-order valence-corrected chi connectivity index (χ4v) is 2.49. The Morgan fingerprint density at radius 1 is 1.05 bits per heavy atom. The van der Waals surface area contributed by atoms with Gasteiger partial charge in [-0.2, -0.15) is 5.26 Å². The van der Waals surface area contributed by atoms with E-state index in [1.54, 1.807) is 18.5 Å². The van der Waals surface area contributed by atoms with Crippen molar-refractivity contribution in [2.45, 2.75) is 0 Å². The van der Waals surface area contributed by atoms with Crippen LogP contribution in [0.2, 0.25) is 0 Å². The lowest BCUT2D eigenvalue weighted by Gasteiger charge is -2.35. The number of nitriles is 1. The second-order valence-electron chi connectivity index (χ2n) is 4.66. The predicted octanol–water partition coefficient (Wildman–Crippen LogP) is 1.83. The van der Waals surface area contributed by atoms with Crippen molar-refractivity contribution in [1.82, 2.24) is 15.0 Å². The molecule has 1 fully saturated rings. The van der Waals surface area contributed by atoms with Crippen LogP contribution >= 0.6 is 15.9 Å². The summed E-state index contributed by atoms with van der Waals surface area (Å²) in [6.07, 6.45) is 3.44. The second kappa shape index (κ2) is 6.06. The molecule has 3 rings (SSSR count). The van der Waals surface area contributed by atoms with Crippen LogP contribution in [0.4, 0.5) is 11.8 Å². The van der Waals surface area contributed by atoms with Crippen LogP contribution in [0.1, 0.15) is 5.69 Å². The maximum Gasteiger partial charge on any atom is 0.226 e. The number of hydrogen-bond acceptors (Lipinski definition) is 6. The number of halogens is 1. The Morgan fingerprint density at radius 3 is 2.48 bits per heavy atom. The van der Waals surface area contributed by atoms with E-state index in [-0.39, 0.29) is 0 Å². The molecule has 2 aromatic rings. The molecule has 0 atom stereocenters. The Morgan fingerprint density at radius 2 is 1.81 bits per heavy atom. The standard InChI is InChI=1S/C14H13BrN6/c15-11-1-2-13(18-10-11)20-5-7-21(8-6-20)14-17-4-3-12(9-16)19-14/h1-4,10H,5-8H2. The molecule has 0 saturated carbocycles. The molecule has 7 heteroatoms. The summed E-state index contributed by atoms with van der Waals surface area (Å²) in [6, 6.07) is 7.66. The highest BCUT2D eigenvalue weighted by atomic mass is 79.9. The number of nitrogens with zero attached hydrogens (tertiary/aromatic N) is 6. The molecule has 0 aromatic carbocycles. The predicted molar refractivity (Wildman–Crippen MR) is 83.1 cm³/mol. The van der Waals surface area contributed by atoms with Crippen LogP contribution < -0.4 is 9.80 Å². The molecular weight excluding hydrogens is 332 g/mol. The minimum Gasteiger partial charge on any atom is -0.353 e. The van der Waals surface area contributed by atoms with Crippen molar-refractivity contribution in [3.8, 4) is 6.07 Å². The van der Waals surface area contributed by atoms with Gasteiger partial charge in [0.25, 0.3) is 0 Å². The van der Waals surface area contributed by atoms with Gasteiger partial charge in [0.1, 0.15) is 17.6 Å². The normalized spacial score (nSPS) is 14.9. The summed E-state index contributed by atoms with van der Waals surface area (Å²) in [5.41, 5.74) is 0.400. The third-order valence-electron chi connectivity index (χ3n) is 3.36. The zero-order chi connectivity index (χ0) is 14.7. The van der Waals surface area contributed by atoms with E-state index in [0.717, 1.165) is 36.5 Å². The van der Waals surface area contributed by atoms with Gasteiger partial charge >= 0.3 is 0 Å². The van der Waals surface area contributed by atoms with Gasteiger partial charge < -0.3 is 9.80 Å². The van der Waals surface area contributed by atoms with Gasteiger partial charge in [-0.25, -0.2) is 15.0 Å². The van der Waals surface area contributed by atoms with Crippen molar-refractivity contribution in [3.63, 3.8) is 0 Å². The lowest BCUT2D eigenvalue weighted by atomic mass is 10.3. The van der Waals surface area contributed by atoms with Gasteiger partial charge in [-0.1, -0.05) is 0 Å². The first-order valence-corrected chi connectivity index (χ1v) is 7.40. The molecule has 0 spiro atoms. The van der Waals surface area contributed by atoms with Gasteiger partial charge in [0.15, 0.2) is 0 Å². The molecule has 3 heterocycles. The average molecular weight is 345 g/mol. The molecule has 0 radical (unpaired) electrons. The van der Waals surface area contributed by atoms with Gasteiger partial charge in [-0.3, -0.25) is 0 Å². The minimum absolute atomic E-state index is 0.400. The summed E-state index contributed by atoms with van der Waals surface area (Å²) in [5.74, 6) is 1.60. The van der Waals surface area contributed by atoms with Gasteiger partial charge in [-0.05, 0) is 34.1 Å². The van der Waals surface area contributed by atoms with Crippen molar-refractivity contribution >= 4 is 27.7 Å². The summed E-state index contributed by atoms with van der Waals surface area (Å²) in [6.45, 7) is 3.34. The highest BCUT2D eigenvalue weighted by molar-refractivity contribution is 9.10. The van der Waals surface area contributed by atoms with E-state index >= 15 is 0 Å². The van der Waals surface area contributed by atoms with Crippen molar-refractivity contribution in [2.24, 2.45) is 0 Å². The van der Waals surface area contributed by atoms with E-state index in [0.29, 0.717) is 11.6 Å². The molecule has 0 bridgehead atoms. The molecule has 1 aliphatic rings. The van der Waals surface area contributed by atoms with Crippen molar-refractivity contribution in [1.29, 1.82) is 5.26 Å². The van der Waals surface area contributed by atoms with Crippen LogP contribution in [0, 0.1) is 11.3 Å². The summed E-state index contributed by atoms with van der Waals surface area (Å²) < 4.78 is 0.978. The van der Waals surface area contributed by atoms with E-state index in [1.807, 2.05) is 18.2 Å². The number of piperazine rings is 1. The molecule has 106 valence electrons. The van der Waals surface area contributed by atoms with Gasteiger partial charge in [0.05, 0.1) is 0 Å². The van der Waals surface area contributed by atoms with E-state index in [9.17, 15) is 0 Å².